The van der Waals surface area contributed by atoms with Gasteiger partial charge in [-0.2, -0.15) is 0 Å². The number of hydrogen-bond acceptors (Lipinski definition) is 2. The fraction of sp³-hybridized carbons (Fsp3) is 0.462. The standard InChI is InChI=1S/C13H20N2O/c1-10(14)12(9-13(16)15(2)3)11-7-5-4-6-8-11/h4-8,10,12H,9,14H2,1-3H3/t10-,12+/m1/s1. The van der Waals surface area contributed by atoms with Crippen LogP contribution in [0.1, 0.15) is 24.8 Å². The average Bonchev–Trinajstić information content (AvgIpc) is 2.26. The Bertz CT molecular complexity index is 333. The van der Waals surface area contributed by atoms with Crippen LogP contribution in [0, 0.1) is 0 Å². The molecule has 0 bridgehead atoms. The number of carbonyl (C=O) groups excluding carboxylic acids is 1. The molecule has 3 heteroatoms. The molecule has 2 atom stereocenters. The van der Waals surface area contributed by atoms with Gasteiger partial charge in [0.15, 0.2) is 0 Å². The first kappa shape index (κ1) is 12.7. The van der Waals surface area contributed by atoms with Crippen molar-refractivity contribution in [3.05, 3.63) is 35.9 Å². The van der Waals surface area contributed by atoms with Crippen LogP contribution < -0.4 is 5.73 Å². The molecule has 16 heavy (non-hydrogen) atoms. The molecular formula is C13H20N2O. The molecule has 3 nitrogen and oxygen atoms in total. The van der Waals surface area contributed by atoms with E-state index >= 15 is 0 Å². The van der Waals surface area contributed by atoms with Crippen molar-refractivity contribution in [1.82, 2.24) is 4.90 Å². The van der Waals surface area contributed by atoms with Gasteiger partial charge in [0.25, 0.3) is 0 Å². The number of amides is 1. The van der Waals surface area contributed by atoms with Crippen molar-refractivity contribution in [2.75, 3.05) is 14.1 Å². The minimum Gasteiger partial charge on any atom is -0.349 e. The van der Waals surface area contributed by atoms with E-state index in [1.165, 1.54) is 0 Å². The Morgan fingerprint density at radius 2 is 1.88 bits per heavy atom. The summed E-state index contributed by atoms with van der Waals surface area (Å²) in [6.45, 7) is 1.95. The monoisotopic (exact) mass is 220 g/mol. The van der Waals surface area contributed by atoms with Crippen LogP contribution in [0.5, 0.6) is 0 Å². The second-order valence-corrected chi connectivity index (χ2v) is 4.37. The summed E-state index contributed by atoms with van der Waals surface area (Å²) in [5, 5.41) is 0. The Morgan fingerprint density at radius 3 is 2.31 bits per heavy atom. The highest BCUT2D eigenvalue weighted by atomic mass is 16.2. The van der Waals surface area contributed by atoms with Crippen molar-refractivity contribution in [1.29, 1.82) is 0 Å². The largest absolute Gasteiger partial charge is 0.349 e. The molecule has 0 saturated heterocycles. The Balaban J connectivity index is 2.81. The van der Waals surface area contributed by atoms with Crippen molar-refractivity contribution in [2.24, 2.45) is 5.73 Å². The summed E-state index contributed by atoms with van der Waals surface area (Å²) in [6.07, 6.45) is 0.467. The Morgan fingerprint density at radius 1 is 1.31 bits per heavy atom. The normalized spacial score (nSPS) is 14.2. The summed E-state index contributed by atoms with van der Waals surface area (Å²) in [5.74, 6) is 0.210. The van der Waals surface area contributed by atoms with E-state index in [0.717, 1.165) is 5.56 Å². The highest BCUT2D eigenvalue weighted by Gasteiger charge is 2.20. The molecule has 88 valence electrons. The van der Waals surface area contributed by atoms with Gasteiger partial charge in [-0.25, -0.2) is 0 Å². The van der Waals surface area contributed by atoms with E-state index in [1.807, 2.05) is 37.3 Å². The third-order valence-corrected chi connectivity index (χ3v) is 2.76. The lowest BCUT2D eigenvalue weighted by atomic mass is 9.89. The van der Waals surface area contributed by atoms with Crippen molar-refractivity contribution >= 4 is 5.91 Å². The summed E-state index contributed by atoms with van der Waals surface area (Å²) in [6, 6.07) is 9.95. The minimum atomic E-state index is -0.0219. The lowest BCUT2D eigenvalue weighted by molar-refractivity contribution is -0.129. The fourth-order valence-corrected chi connectivity index (χ4v) is 1.68. The molecule has 0 heterocycles. The van der Waals surface area contributed by atoms with Crippen LogP contribution in [0.25, 0.3) is 0 Å². The number of hydrogen-bond donors (Lipinski definition) is 1. The van der Waals surface area contributed by atoms with Crippen molar-refractivity contribution in [2.45, 2.75) is 25.3 Å². The van der Waals surface area contributed by atoms with Gasteiger partial charge in [-0.15, -0.1) is 0 Å². The molecule has 0 aromatic heterocycles. The molecule has 0 unspecified atom stereocenters. The molecule has 0 aliphatic heterocycles. The second-order valence-electron chi connectivity index (χ2n) is 4.37. The van der Waals surface area contributed by atoms with Gasteiger partial charge >= 0.3 is 0 Å². The van der Waals surface area contributed by atoms with E-state index in [4.69, 9.17) is 5.73 Å². The molecule has 0 aliphatic rings. The first-order chi connectivity index (χ1) is 7.52. The zero-order valence-corrected chi connectivity index (χ0v) is 10.2. The van der Waals surface area contributed by atoms with E-state index < -0.39 is 0 Å². The SMILES string of the molecule is C[C@@H](N)[C@H](CC(=O)N(C)C)c1ccccc1. The van der Waals surface area contributed by atoms with Gasteiger partial charge in [0, 0.05) is 32.5 Å². The number of nitrogens with two attached hydrogens (primary N) is 1. The smallest absolute Gasteiger partial charge is 0.222 e. The van der Waals surface area contributed by atoms with Gasteiger partial charge in [-0.1, -0.05) is 30.3 Å². The number of benzene rings is 1. The first-order valence-corrected chi connectivity index (χ1v) is 5.53. The lowest BCUT2D eigenvalue weighted by Crippen LogP contribution is -2.31. The van der Waals surface area contributed by atoms with Crippen LogP contribution in [0.2, 0.25) is 0 Å². The molecule has 0 saturated carbocycles. The van der Waals surface area contributed by atoms with Crippen LogP contribution in [0.4, 0.5) is 0 Å². The van der Waals surface area contributed by atoms with Crippen LogP contribution in [-0.4, -0.2) is 30.9 Å². The van der Waals surface area contributed by atoms with Crippen LogP contribution in [0.15, 0.2) is 30.3 Å². The third-order valence-electron chi connectivity index (χ3n) is 2.76. The molecule has 1 amide bonds. The Labute approximate surface area is 97.2 Å². The maximum absolute atomic E-state index is 11.7. The molecule has 1 rings (SSSR count). The Hall–Kier alpha value is -1.35. The third kappa shape index (κ3) is 3.35. The fourth-order valence-electron chi connectivity index (χ4n) is 1.68. The van der Waals surface area contributed by atoms with E-state index in [0.29, 0.717) is 6.42 Å². The predicted molar refractivity (Wildman–Crippen MR) is 66.1 cm³/mol. The topological polar surface area (TPSA) is 46.3 Å². The van der Waals surface area contributed by atoms with Gasteiger partial charge in [0.2, 0.25) is 5.91 Å². The van der Waals surface area contributed by atoms with E-state index in [-0.39, 0.29) is 17.9 Å². The maximum atomic E-state index is 11.7. The summed E-state index contributed by atoms with van der Waals surface area (Å²) < 4.78 is 0. The van der Waals surface area contributed by atoms with Crippen molar-refractivity contribution in [3.63, 3.8) is 0 Å². The van der Waals surface area contributed by atoms with Gasteiger partial charge in [0.05, 0.1) is 0 Å². The van der Waals surface area contributed by atoms with Gasteiger partial charge in [0.1, 0.15) is 0 Å². The van der Waals surface area contributed by atoms with Gasteiger partial charge < -0.3 is 10.6 Å². The van der Waals surface area contributed by atoms with Crippen molar-refractivity contribution < 1.29 is 4.79 Å². The summed E-state index contributed by atoms with van der Waals surface area (Å²) in [4.78, 5) is 13.3. The maximum Gasteiger partial charge on any atom is 0.222 e. The molecular weight excluding hydrogens is 200 g/mol. The van der Waals surface area contributed by atoms with E-state index in [2.05, 4.69) is 0 Å². The summed E-state index contributed by atoms with van der Waals surface area (Å²) in [7, 11) is 3.54. The molecule has 1 aromatic rings. The van der Waals surface area contributed by atoms with Crippen LogP contribution in [0.3, 0.4) is 0 Å². The van der Waals surface area contributed by atoms with Gasteiger partial charge in [-0.05, 0) is 12.5 Å². The van der Waals surface area contributed by atoms with Crippen molar-refractivity contribution in [3.8, 4) is 0 Å². The van der Waals surface area contributed by atoms with Gasteiger partial charge in [-0.3, -0.25) is 4.79 Å². The van der Waals surface area contributed by atoms with Crippen LogP contribution in [-0.2, 0) is 4.79 Å². The minimum absolute atomic E-state index is 0.0219. The summed E-state index contributed by atoms with van der Waals surface area (Å²) in [5.41, 5.74) is 7.08. The van der Waals surface area contributed by atoms with E-state index in [9.17, 15) is 4.79 Å². The molecule has 1 aromatic carbocycles. The first-order valence-electron chi connectivity index (χ1n) is 5.53. The summed E-state index contributed by atoms with van der Waals surface area (Å²) >= 11 is 0. The second kappa shape index (κ2) is 5.66. The Kier molecular flexibility index (Phi) is 4.50. The zero-order valence-electron chi connectivity index (χ0n) is 10.2. The molecule has 0 fully saturated rings. The molecule has 0 radical (unpaired) electrons. The average molecular weight is 220 g/mol. The molecule has 0 aliphatic carbocycles. The number of carbonyl (C=O) groups is 1. The molecule has 2 N–H and O–H groups in total. The lowest BCUT2D eigenvalue weighted by Gasteiger charge is -2.22. The number of nitrogens with zero attached hydrogens (tertiary/aromatic N) is 1. The molecule has 0 spiro atoms. The quantitative estimate of drug-likeness (QED) is 0.837. The highest BCUT2D eigenvalue weighted by molar-refractivity contribution is 5.76. The van der Waals surface area contributed by atoms with Crippen LogP contribution >= 0.6 is 0 Å². The zero-order chi connectivity index (χ0) is 12.1. The van der Waals surface area contributed by atoms with E-state index in [1.54, 1.807) is 19.0 Å². The highest BCUT2D eigenvalue weighted by Crippen LogP contribution is 2.22. The number of rotatable bonds is 4. The predicted octanol–water partition coefficient (Wildman–Crippen LogP) is 1.60.